The molecular weight excluding hydrogens is 278 g/mol. The van der Waals surface area contributed by atoms with Crippen molar-refractivity contribution in [2.24, 2.45) is 5.73 Å². The molecule has 1 aromatic heterocycles. The van der Waals surface area contributed by atoms with Crippen molar-refractivity contribution in [3.8, 4) is 0 Å². The van der Waals surface area contributed by atoms with E-state index in [0.29, 0.717) is 13.1 Å². The van der Waals surface area contributed by atoms with Gasteiger partial charge in [-0.05, 0) is 11.1 Å². The summed E-state index contributed by atoms with van der Waals surface area (Å²) in [6.45, 7) is 1.12. The summed E-state index contributed by atoms with van der Waals surface area (Å²) in [5, 5.41) is 7.41. The first-order chi connectivity index (χ1) is 9.59. The van der Waals surface area contributed by atoms with E-state index in [1.54, 1.807) is 29.2 Å². The van der Waals surface area contributed by atoms with E-state index in [1.165, 1.54) is 0 Å². The molecule has 0 aliphatic rings. The molecule has 0 saturated heterocycles. The zero-order valence-corrected chi connectivity index (χ0v) is 11.8. The van der Waals surface area contributed by atoms with Crippen molar-refractivity contribution in [2.45, 2.75) is 18.8 Å². The highest BCUT2D eigenvalue weighted by Crippen LogP contribution is 2.08. The summed E-state index contributed by atoms with van der Waals surface area (Å²) in [6.07, 6.45) is 3.23. The van der Waals surface area contributed by atoms with Crippen molar-refractivity contribution >= 4 is 10.0 Å². The first-order valence-electron chi connectivity index (χ1n) is 6.18. The lowest BCUT2D eigenvalue weighted by molar-refractivity contribution is 0.552. The van der Waals surface area contributed by atoms with Crippen molar-refractivity contribution in [2.75, 3.05) is 6.54 Å². The van der Waals surface area contributed by atoms with Crippen molar-refractivity contribution < 1.29 is 8.42 Å². The third kappa shape index (κ3) is 4.41. The van der Waals surface area contributed by atoms with Crippen molar-refractivity contribution in [3.05, 3.63) is 47.8 Å². The Morgan fingerprint density at radius 2 is 2.10 bits per heavy atom. The maximum absolute atomic E-state index is 11.9. The van der Waals surface area contributed by atoms with Crippen LogP contribution in [0.5, 0.6) is 0 Å². The lowest BCUT2D eigenvalue weighted by Gasteiger charge is -2.07. The second-order valence-corrected chi connectivity index (χ2v) is 6.15. The standard InChI is InChI=1S/C12H17N5O2S/c13-9-11-2-1-3-12(8-11)10-20(18,19)15-5-7-17-6-4-14-16-17/h1-4,6,8,15H,5,7,9-10,13H2. The Balaban J connectivity index is 1.89. The molecule has 8 heteroatoms. The summed E-state index contributed by atoms with van der Waals surface area (Å²) in [7, 11) is -3.37. The number of aromatic nitrogens is 3. The van der Waals surface area contributed by atoms with E-state index in [-0.39, 0.29) is 12.3 Å². The Bertz CT molecular complexity index is 640. The fourth-order valence-electron chi connectivity index (χ4n) is 1.78. The van der Waals surface area contributed by atoms with E-state index in [4.69, 9.17) is 5.73 Å². The van der Waals surface area contributed by atoms with Crippen molar-refractivity contribution in [1.82, 2.24) is 19.7 Å². The largest absolute Gasteiger partial charge is 0.326 e. The fourth-order valence-corrected chi connectivity index (χ4v) is 2.91. The van der Waals surface area contributed by atoms with Crippen LogP contribution < -0.4 is 10.5 Å². The smallest absolute Gasteiger partial charge is 0.215 e. The van der Waals surface area contributed by atoms with E-state index in [9.17, 15) is 8.42 Å². The Kier molecular flexibility index (Phi) is 4.83. The molecule has 0 fully saturated rings. The van der Waals surface area contributed by atoms with Gasteiger partial charge in [0, 0.05) is 19.3 Å². The number of nitrogens with zero attached hydrogens (tertiary/aromatic N) is 3. The first kappa shape index (κ1) is 14.6. The molecule has 0 saturated carbocycles. The van der Waals surface area contributed by atoms with Crippen LogP contribution in [-0.4, -0.2) is 30.0 Å². The maximum atomic E-state index is 11.9. The molecule has 1 aromatic carbocycles. The molecule has 20 heavy (non-hydrogen) atoms. The van der Waals surface area contributed by atoms with Gasteiger partial charge in [0.2, 0.25) is 10.0 Å². The molecule has 0 amide bonds. The van der Waals surface area contributed by atoms with Gasteiger partial charge in [-0.15, -0.1) is 5.10 Å². The van der Waals surface area contributed by atoms with Crippen LogP contribution >= 0.6 is 0 Å². The fraction of sp³-hybridized carbons (Fsp3) is 0.333. The van der Waals surface area contributed by atoms with Gasteiger partial charge in [0.25, 0.3) is 0 Å². The van der Waals surface area contributed by atoms with Crippen LogP contribution in [0.2, 0.25) is 0 Å². The summed E-state index contributed by atoms with van der Waals surface area (Å²) in [5.74, 6) is -0.0573. The molecule has 1 heterocycles. The zero-order valence-electron chi connectivity index (χ0n) is 10.9. The zero-order chi connectivity index (χ0) is 14.4. The minimum atomic E-state index is -3.37. The minimum absolute atomic E-state index is 0.0573. The average Bonchev–Trinajstić information content (AvgIpc) is 2.91. The van der Waals surface area contributed by atoms with E-state index in [1.807, 2.05) is 12.1 Å². The maximum Gasteiger partial charge on any atom is 0.215 e. The summed E-state index contributed by atoms with van der Waals surface area (Å²) in [4.78, 5) is 0. The SMILES string of the molecule is NCc1cccc(CS(=O)(=O)NCCn2ccnn2)c1. The van der Waals surface area contributed by atoms with Gasteiger partial charge in [0.05, 0.1) is 18.5 Å². The minimum Gasteiger partial charge on any atom is -0.326 e. The summed E-state index contributed by atoms with van der Waals surface area (Å²) in [6, 6.07) is 7.25. The third-order valence-corrected chi connectivity index (χ3v) is 4.08. The Labute approximate surface area is 117 Å². The third-order valence-electron chi connectivity index (χ3n) is 2.72. The number of rotatable bonds is 7. The molecule has 0 unspecified atom stereocenters. The number of nitrogens with two attached hydrogens (primary N) is 1. The Hall–Kier alpha value is -1.77. The van der Waals surface area contributed by atoms with Gasteiger partial charge in [-0.25, -0.2) is 13.1 Å². The molecule has 2 aromatic rings. The first-order valence-corrected chi connectivity index (χ1v) is 7.83. The second-order valence-electron chi connectivity index (χ2n) is 4.34. The predicted molar refractivity (Wildman–Crippen MR) is 75.0 cm³/mol. The number of nitrogens with one attached hydrogen (secondary N) is 1. The molecule has 0 radical (unpaired) electrons. The van der Waals surface area contributed by atoms with Gasteiger partial charge in [-0.3, -0.25) is 4.68 Å². The summed E-state index contributed by atoms with van der Waals surface area (Å²) < 4.78 is 28.0. The molecule has 0 aliphatic heterocycles. The molecule has 0 bridgehead atoms. The Morgan fingerprint density at radius 3 is 2.80 bits per heavy atom. The normalized spacial score (nSPS) is 11.7. The van der Waals surface area contributed by atoms with Gasteiger partial charge in [0.1, 0.15) is 0 Å². The van der Waals surface area contributed by atoms with Crippen LogP contribution in [0, 0.1) is 0 Å². The highest BCUT2D eigenvalue weighted by molar-refractivity contribution is 7.88. The van der Waals surface area contributed by atoms with Crippen LogP contribution in [0.4, 0.5) is 0 Å². The topological polar surface area (TPSA) is 103 Å². The summed E-state index contributed by atoms with van der Waals surface area (Å²) in [5.41, 5.74) is 7.18. The van der Waals surface area contributed by atoms with E-state index in [2.05, 4.69) is 15.0 Å². The lowest BCUT2D eigenvalue weighted by Crippen LogP contribution is -2.28. The second kappa shape index (κ2) is 6.60. The van der Waals surface area contributed by atoms with Crippen molar-refractivity contribution in [1.29, 1.82) is 0 Å². The number of hydrogen-bond donors (Lipinski definition) is 2. The highest BCUT2D eigenvalue weighted by Gasteiger charge is 2.11. The molecule has 2 rings (SSSR count). The average molecular weight is 295 g/mol. The number of hydrogen-bond acceptors (Lipinski definition) is 5. The van der Waals surface area contributed by atoms with Gasteiger partial charge >= 0.3 is 0 Å². The van der Waals surface area contributed by atoms with Crippen LogP contribution in [0.1, 0.15) is 11.1 Å². The van der Waals surface area contributed by atoms with E-state index < -0.39 is 10.0 Å². The number of benzene rings is 1. The summed E-state index contributed by atoms with van der Waals surface area (Å²) >= 11 is 0. The molecular formula is C12H17N5O2S. The predicted octanol–water partition coefficient (Wildman–Crippen LogP) is -0.144. The molecule has 0 aliphatic carbocycles. The monoisotopic (exact) mass is 295 g/mol. The number of sulfonamides is 1. The van der Waals surface area contributed by atoms with E-state index in [0.717, 1.165) is 11.1 Å². The van der Waals surface area contributed by atoms with Gasteiger partial charge < -0.3 is 5.73 Å². The molecule has 3 N–H and O–H groups in total. The van der Waals surface area contributed by atoms with Crippen LogP contribution in [0.25, 0.3) is 0 Å². The molecule has 108 valence electrons. The molecule has 0 atom stereocenters. The quantitative estimate of drug-likeness (QED) is 0.740. The Morgan fingerprint density at radius 1 is 1.30 bits per heavy atom. The van der Waals surface area contributed by atoms with Crippen LogP contribution in [0.15, 0.2) is 36.7 Å². The van der Waals surface area contributed by atoms with Crippen LogP contribution in [0.3, 0.4) is 0 Å². The van der Waals surface area contributed by atoms with Gasteiger partial charge in [0.15, 0.2) is 0 Å². The van der Waals surface area contributed by atoms with E-state index >= 15 is 0 Å². The van der Waals surface area contributed by atoms with Crippen molar-refractivity contribution in [3.63, 3.8) is 0 Å². The van der Waals surface area contributed by atoms with Crippen LogP contribution in [-0.2, 0) is 28.9 Å². The molecule has 0 spiro atoms. The highest BCUT2D eigenvalue weighted by atomic mass is 32.2. The molecule has 7 nitrogen and oxygen atoms in total. The van der Waals surface area contributed by atoms with Gasteiger partial charge in [-0.1, -0.05) is 29.5 Å². The van der Waals surface area contributed by atoms with Gasteiger partial charge in [-0.2, -0.15) is 0 Å². The lowest BCUT2D eigenvalue weighted by atomic mass is 10.1.